The minimum atomic E-state index is -0.239. The van der Waals surface area contributed by atoms with Gasteiger partial charge in [-0.25, -0.2) is 9.97 Å². The van der Waals surface area contributed by atoms with Crippen molar-refractivity contribution < 1.29 is 4.74 Å². The van der Waals surface area contributed by atoms with Crippen LogP contribution in [0.5, 0.6) is 0 Å². The van der Waals surface area contributed by atoms with E-state index in [0.717, 1.165) is 53.1 Å². The van der Waals surface area contributed by atoms with Crippen LogP contribution >= 0.6 is 22.6 Å². The van der Waals surface area contributed by atoms with Crippen molar-refractivity contribution in [3.05, 3.63) is 15.1 Å². The fraction of sp³-hybridized carbons (Fsp3) is 0.714. The molecular weight excluding hydrogens is 353 g/mol. The van der Waals surface area contributed by atoms with Crippen LogP contribution in [0.1, 0.15) is 51.0 Å². The summed E-state index contributed by atoms with van der Waals surface area (Å²) in [5.41, 5.74) is 0.907. The first-order valence-electron chi connectivity index (χ1n) is 7.02. The van der Waals surface area contributed by atoms with Gasteiger partial charge in [0.05, 0.1) is 9.26 Å². The number of rotatable bonds is 6. The molecule has 0 saturated heterocycles. The second-order valence-electron chi connectivity index (χ2n) is 4.99. The molecule has 1 fully saturated rings. The molecule has 1 aliphatic rings. The molecule has 2 rings (SSSR count). The average Bonchev–Trinajstić information content (AvgIpc) is 2.34. The van der Waals surface area contributed by atoms with Gasteiger partial charge in [-0.2, -0.15) is 0 Å². The number of hydrogen-bond donors (Lipinski definition) is 1. The third kappa shape index (κ3) is 2.86. The second-order valence-corrected chi connectivity index (χ2v) is 6.07. The lowest BCUT2D eigenvalue weighted by Crippen LogP contribution is -2.38. The molecule has 19 heavy (non-hydrogen) atoms. The van der Waals surface area contributed by atoms with E-state index in [1.165, 1.54) is 6.42 Å². The molecule has 1 N–H and O–H groups in total. The van der Waals surface area contributed by atoms with E-state index >= 15 is 0 Å². The van der Waals surface area contributed by atoms with Crippen LogP contribution in [0.2, 0.25) is 0 Å². The molecule has 0 aliphatic heterocycles. The number of methoxy groups -OCH3 is 1. The van der Waals surface area contributed by atoms with Gasteiger partial charge in [-0.05, 0) is 55.2 Å². The lowest BCUT2D eigenvalue weighted by Gasteiger charge is -2.39. The summed E-state index contributed by atoms with van der Waals surface area (Å²) < 4.78 is 6.86. The number of aromatic nitrogens is 2. The molecular formula is C14H22IN3O. The largest absolute Gasteiger partial charge is 0.370 e. The van der Waals surface area contributed by atoms with Crippen LogP contribution in [0.25, 0.3) is 0 Å². The molecule has 0 radical (unpaired) electrons. The molecule has 1 aromatic heterocycles. The van der Waals surface area contributed by atoms with E-state index in [-0.39, 0.29) is 5.60 Å². The maximum absolute atomic E-state index is 5.71. The molecule has 4 nitrogen and oxygen atoms in total. The number of halogens is 1. The molecule has 106 valence electrons. The minimum absolute atomic E-state index is 0.239. The smallest absolute Gasteiger partial charge is 0.162 e. The van der Waals surface area contributed by atoms with Crippen molar-refractivity contribution in [1.82, 2.24) is 9.97 Å². The van der Waals surface area contributed by atoms with Gasteiger partial charge in [-0.15, -0.1) is 0 Å². The van der Waals surface area contributed by atoms with E-state index in [1.807, 2.05) is 0 Å². The Labute approximate surface area is 128 Å². The number of hydrogen-bond acceptors (Lipinski definition) is 4. The Bertz CT molecular complexity index is 414. The molecule has 0 amide bonds. The van der Waals surface area contributed by atoms with E-state index in [4.69, 9.17) is 14.7 Å². The standard InChI is InChI=1S/C14H22IN3O/c1-4-7-10-11(15)12(16-5-2)18-13(17-10)14(19-3)8-6-9-14/h4-9H2,1-3H3,(H,16,17,18). The summed E-state index contributed by atoms with van der Waals surface area (Å²) in [5, 5.41) is 3.35. The zero-order chi connectivity index (χ0) is 13.9. The van der Waals surface area contributed by atoms with Crippen LogP contribution < -0.4 is 5.32 Å². The Kier molecular flexibility index (Phi) is 5.00. The molecule has 0 atom stereocenters. The molecule has 5 heteroatoms. The molecule has 0 unspecified atom stereocenters. The highest BCUT2D eigenvalue weighted by molar-refractivity contribution is 14.1. The SMILES string of the molecule is CCCc1nc(C2(OC)CCC2)nc(NCC)c1I. The Balaban J connectivity index is 2.43. The van der Waals surface area contributed by atoms with Crippen molar-refractivity contribution >= 4 is 28.4 Å². The summed E-state index contributed by atoms with van der Waals surface area (Å²) in [4.78, 5) is 9.50. The molecule has 1 saturated carbocycles. The zero-order valence-electron chi connectivity index (χ0n) is 11.9. The van der Waals surface area contributed by atoms with Crippen molar-refractivity contribution in [3.8, 4) is 0 Å². The van der Waals surface area contributed by atoms with Crippen LogP contribution in [0.3, 0.4) is 0 Å². The van der Waals surface area contributed by atoms with Crippen LogP contribution in [-0.4, -0.2) is 23.6 Å². The summed E-state index contributed by atoms with van der Waals surface area (Å²) >= 11 is 2.35. The fourth-order valence-corrected chi connectivity index (χ4v) is 3.10. The lowest BCUT2D eigenvalue weighted by atomic mass is 9.79. The van der Waals surface area contributed by atoms with Crippen LogP contribution in [-0.2, 0) is 16.8 Å². The first kappa shape index (κ1) is 15.0. The Morgan fingerprint density at radius 1 is 1.32 bits per heavy atom. The molecule has 1 heterocycles. The van der Waals surface area contributed by atoms with Crippen molar-refractivity contribution in [2.75, 3.05) is 19.0 Å². The van der Waals surface area contributed by atoms with Gasteiger partial charge in [0, 0.05) is 13.7 Å². The first-order valence-corrected chi connectivity index (χ1v) is 8.10. The van der Waals surface area contributed by atoms with Gasteiger partial charge in [0.2, 0.25) is 0 Å². The first-order chi connectivity index (χ1) is 9.16. The molecule has 1 aliphatic carbocycles. The predicted octanol–water partition coefficient (Wildman–Crippen LogP) is 3.49. The molecule has 0 bridgehead atoms. The average molecular weight is 375 g/mol. The second kappa shape index (κ2) is 6.35. The predicted molar refractivity (Wildman–Crippen MR) is 85.4 cm³/mol. The maximum atomic E-state index is 5.71. The topological polar surface area (TPSA) is 47.0 Å². The highest BCUT2D eigenvalue weighted by Gasteiger charge is 2.42. The summed E-state index contributed by atoms with van der Waals surface area (Å²) in [7, 11) is 1.77. The zero-order valence-corrected chi connectivity index (χ0v) is 14.1. The van der Waals surface area contributed by atoms with Gasteiger partial charge < -0.3 is 10.1 Å². The normalized spacial score (nSPS) is 17.1. The molecule has 1 aromatic rings. The van der Waals surface area contributed by atoms with E-state index in [1.54, 1.807) is 7.11 Å². The van der Waals surface area contributed by atoms with E-state index in [0.29, 0.717) is 0 Å². The number of aryl methyl sites for hydroxylation is 1. The van der Waals surface area contributed by atoms with Gasteiger partial charge in [0.1, 0.15) is 11.4 Å². The Morgan fingerprint density at radius 2 is 2.05 bits per heavy atom. The Hall–Kier alpha value is -0.430. The van der Waals surface area contributed by atoms with Crippen LogP contribution in [0.4, 0.5) is 5.82 Å². The number of anilines is 1. The molecule has 0 aromatic carbocycles. The van der Waals surface area contributed by atoms with E-state index < -0.39 is 0 Å². The van der Waals surface area contributed by atoms with Crippen molar-refractivity contribution in [2.45, 2.75) is 51.6 Å². The number of ether oxygens (including phenoxy) is 1. The summed E-state index contributed by atoms with van der Waals surface area (Å²) in [6.45, 7) is 5.14. The highest BCUT2D eigenvalue weighted by Crippen LogP contribution is 2.43. The quantitative estimate of drug-likeness (QED) is 0.774. The van der Waals surface area contributed by atoms with Crippen molar-refractivity contribution in [1.29, 1.82) is 0 Å². The fourth-order valence-electron chi connectivity index (χ4n) is 2.40. The van der Waals surface area contributed by atoms with Gasteiger partial charge in [0.25, 0.3) is 0 Å². The highest BCUT2D eigenvalue weighted by atomic mass is 127. The maximum Gasteiger partial charge on any atom is 0.162 e. The summed E-state index contributed by atoms with van der Waals surface area (Å²) in [6.07, 6.45) is 5.34. The van der Waals surface area contributed by atoms with Gasteiger partial charge in [-0.3, -0.25) is 0 Å². The third-order valence-corrected chi connectivity index (χ3v) is 4.84. The van der Waals surface area contributed by atoms with E-state index in [9.17, 15) is 0 Å². The van der Waals surface area contributed by atoms with Gasteiger partial charge in [0.15, 0.2) is 5.82 Å². The third-order valence-electron chi connectivity index (χ3n) is 3.71. The molecule has 0 spiro atoms. The lowest BCUT2D eigenvalue weighted by molar-refractivity contribution is -0.0847. The summed E-state index contributed by atoms with van der Waals surface area (Å²) in [6, 6.07) is 0. The number of nitrogens with zero attached hydrogens (tertiary/aromatic N) is 2. The minimum Gasteiger partial charge on any atom is -0.370 e. The van der Waals surface area contributed by atoms with Crippen molar-refractivity contribution in [3.63, 3.8) is 0 Å². The van der Waals surface area contributed by atoms with Gasteiger partial charge in [-0.1, -0.05) is 13.3 Å². The van der Waals surface area contributed by atoms with Crippen LogP contribution in [0, 0.1) is 3.57 Å². The Morgan fingerprint density at radius 3 is 2.53 bits per heavy atom. The van der Waals surface area contributed by atoms with Crippen molar-refractivity contribution in [2.24, 2.45) is 0 Å². The van der Waals surface area contributed by atoms with E-state index in [2.05, 4.69) is 41.8 Å². The monoisotopic (exact) mass is 375 g/mol. The summed E-state index contributed by atoms with van der Waals surface area (Å²) in [5.74, 6) is 1.82. The van der Waals surface area contributed by atoms with Crippen LogP contribution in [0.15, 0.2) is 0 Å². The number of nitrogens with one attached hydrogen (secondary N) is 1. The van der Waals surface area contributed by atoms with Gasteiger partial charge >= 0.3 is 0 Å².